The molecular formula is C14H23N3O2. The van der Waals surface area contributed by atoms with E-state index in [9.17, 15) is 9.90 Å². The number of nitrogens with zero attached hydrogens (tertiary/aromatic N) is 3. The standard InChI is InChI=1S/C14H23N3O2/c1-11(18)10-12-6-4-3-5-8-17(12)14(19)13-7-9-16(2)15-13/h7,9,11-12,18H,3-6,8,10H2,1-2H3. The predicted octanol–water partition coefficient (Wildman–Crippen LogP) is 1.58. The zero-order chi connectivity index (χ0) is 13.8. The second-order valence-electron chi connectivity index (χ2n) is 5.46. The van der Waals surface area contributed by atoms with Crippen LogP contribution in [0, 0.1) is 0 Å². The Morgan fingerprint density at radius 2 is 2.32 bits per heavy atom. The highest BCUT2D eigenvalue weighted by atomic mass is 16.3. The largest absolute Gasteiger partial charge is 0.393 e. The molecule has 1 aliphatic rings. The second-order valence-corrected chi connectivity index (χ2v) is 5.46. The lowest BCUT2D eigenvalue weighted by Gasteiger charge is -2.30. The Balaban J connectivity index is 2.14. The molecule has 0 aromatic carbocycles. The molecule has 0 aliphatic carbocycles. The zero-order valence-electron chi connectivity index (χ0n) is 11.7. The Bertz CT molecular complexity index is 428. The highest BCUT2D eigenvalue weighted by Crippen LogP contribution is 2.22. The first-order valence-corrected chi connectivity index (χ1v) is 7.06. The van der Waals surface area contributed by atoms with E-state index in [0.717, 1.165) is 32.2 Å². The van der Waals surface area contributed by atoms with Crippen LogP contribution in [0.3, 0.4) is 0 Å². The molecule has 1 N–H and O–H groups in total. The molecule has 106 valence electrons. The average Bonchev–Trinajstić information content (AvgIpc) is 2.65. The lowest BCUT2D eigenvalue weighted by atomic mass is 10.0. The normalized spacial score (nSPS) is 22.1. The molecular weight excluding hydrogens is 242 g/mol. The van der Waals surface area contributed by atoms with E-state index in [1.807, 2.05) is 11.9 Å². The molecule has 0 radical (unpaired) electrons. The number of hydrogen-bond acceptors (Lipinski definition) is 3. The molecule has 19 heavy (non-hydrogen) atoms. The molecule has 1 amide bonds. The first-order valence-electron chi connectivity index (χ1n) is 7.06. The van der Waals surface area contributed by atoms with E-state index < -0.39 is 0 Å². The predicted molar refractivity (Wildman–Crippen MR) is 72.8 cm³/mol. The fraction of sp³-hybridized carbons (Fsp3) is 0.714. The van der Waals surface area contributed by atoms with Gasteiger partial charge in [0.15, 0.2) is 0 Å². The summed E-state index contributed by atoms with van der Waals surface area (Å²) in [5.74, 6) is -0.00634. The molecule has 2 rings (SSSR count). The van der Waals surface area contributed by atoms with E-state index >= 15 is 0 Å². The minimum atomic E-state index is -0.373. The summed E-state index contributed by atoms with van der Waals surface area (Å²) in [6.45, 7) is 2.56. The fourth-order valence-electron chi connectivity index (χ4n) is 2.76. The highest BCUT2D eigenvalue weighted by Gasteiger charge is 2.28. The van der Waals surface area contributed by atoms with Gasteiger partial charge in [0.1, 0.15) is 5.69 Å². The Morgan fingerprint density at radius 1 is 1.53 bits per heavy atom. The third-order valence-corrected chi connectivity index (χ3v) is 3.68. The molecule has 2 heterocycles. The topological polar surface area (TPSA) is 58.4 Å². The van der Waals surface area contributed by atoms with Crippen LogP contribution in [-0.2, 0) is 7.05 Å². The van der Waals surface area contributed by atoms with Crippen molar-refractivity contribution in [3.05, 3.63) is 18.0 Å². The van der Waals surface area contributed by atoms with Crippen LogP contribution in [0.5, 0.6) is 0 Å². The van der Waals surface area contributed by atoms with Gasteiger partial charge < -0.3 is 10.0 Å². The average molecular weight is 265 g/mol. The van der Waals surface area contributed by atoms with Crippen molar-refractivity contribution < 1.29 is 9.90 Å². The van der Waals surface area contributed by atoms with E-state index in [-0.39, 0.29) is 18.1 Å². The number of hydrogen-bond donors (Lipinski definition) is 1. The SMILES string of the molecule is CC(O)CC1CCCCCN1C(=O)c1ccn(C)n1. The lowest BCUT2D eigenvalue weighted by molar-refractivity contribution is 0.0600. The van der Waals surface area contributed by atoms with Gasteiger partial charge in [-0.15, -0.1) is 0 Å². The van der Waals surface area contributed by atoms with Crippen LogP contribution in [0.15, 0.2) is 12.3 Å². The van der Waals surface area contributed by atoms with Crippen molar-refractivity contribution in [3.63, 3.8) is 0 Å². The number of likely N-dealkylation sites (tertiary alicyclic amines) is 1. The number of rotatable bonds is 3. The number of carbonyl (C=O) groups excluding carboxylic acids is 1. The van der Waals surface area contributed by atoms with Gasteiger partial charge in [-0.2, -0.15) is 5.10 Å². The van der Waals surface area contributed by atoms with E-state index in [0.29, 0.717) is 12.1 Å². The maximum Gasteiger partial charge on any atom is 0.274 e. The van der Waals surface area contributed by atoms with Crippen molar-refractivity contribution in [2.75, 3.05) is 6.54 Å². The monoisotopic (exact) mass is 265 g/mol. The van der Waals surface area contributed by atoms with Crippen molar-refractivity contribution in [3.8, 4) is 0 Å². The number of aryl methyl sites for hydroxylation is 1. The highest BCUT2D eigenvalue weighted by molar-refractivity contribution is 5.92. The van der Waals surface area contributed by atoms with E-state index in [1.54, 1.807) is 23.9 Å². The Morgan fingerprint density at radius 3 is 2.95 bits per heavy atom. The summed E-state index contributed by atoms with van der Waals surface area (Å²) in [5.41, 5.74) is 0.500. The molecule has 1 aliphatic heterocycles. The number of amides is 1. The van der Waals surface area contributed by atoms with Gasteiger partial charge in [0.25, 0.3) is 5.91 Å². The van der Waals surface area contributed by atoms with E-state index in [4.69, 9.17) is 0 Å². The van der Waals surface area contributed by atoms with Gasteiger partial charge in [-0.1, -0.05) is 12.8 Å². The number of aliphatic hydroxyl groups excluding tert-OH is 1. The van der Waals surface area contributed by atoms with Crippen molar-refractivity contribution in [2.24, 2.45) is 7.05 Å². The lowest BCUT2D eigenvalue weighted by Crippen LogP contribution is -2.41. The maximum atomic E-state index is 12.5. The van der Waals surface area contributed by atoms with Crippen LogP contribution >= 0.6 is 0 Å². The molecule has 1 saturated heterocycles. The van der Waals surface area contributed by atoms with Crippen molar-refractivity contribution in [2.45, 2.75) is 51.2 Å². The smallest absolute Gasteiger partial charge is 0.274 e. The Labute approximate surface area is 114 Å². The molecule has 5 nitrogen and oxygen atoms in total. The second kappa shape index (κ2) is 6.19. The van der Waals surface area contributed by atoms with Gasteiger partial charge >= 0.3 is 0 Å². The fourth-order valence-corrected chi connectivity index (χ4v) is 2.76. The quantitative estimate of drug-likeness (QED) is 0.902. The van der Waals surface area contributed by atoms with Crippen LogP contribution in [0.1, 0.15) is 49.5 Å². The minimum absolute atomic E-state index is 0.00634. The number of aliphatic hydroxyl groups is 1. The van der Waals surface area contributed by atoms with Crippen LogP contribution in [0.4, 0.5) is 0 Å². The third-order valence-electron chi connectivity index (χ3n) is 3.68. The molecule has 0 spiro atoms. The molecule has 1 fully saturated rings. The van der Waals surface area contributed by atoms with Gasteiger partial charge in [0.2, 0.25) is 0 Å². The summed E-state index contributed by atoms with van der Waals surface area (Å²) >= 11 is 0. The van der Waals surface area contributed by atoms with Gasteiger partial charge in [0.05, 0.1) is 6.10 Å². The third kappa shape index (κ3) is 3.56. The van der Waals surface area contributed by atoms with Gasteiger partial charge in [-0.05, 0) is 32.3 Å². The molecule has 0 bridgehead atoms. The van der Waals surface area contributed by atoms with Crippen molar-refractivity contribution in [1.29, 1.82) is 0 Å². The summed E-state index contributed by atoms with van der Waals surface area (Å²) in [7, 11) is 1.81. The van der Waals surface area contributed by atoms with Crippen molar-refractivity contribution in [1.82, 2.24) is 14.7 Å². The Kier molecular flexibility index (Phi) is 4.58. The summed E-state index contributed by atoms with van der Waals surface area (Å²) in [4.78, 5) is 14.4. The zero-order valence-corrected chi connectivity index (χ0v) is 11.7. The summed E-state index contributed by atoms with van der Waals surface area (Å²) < 4.78 is 1.65. The van der Waals surface area contributed by atoms with Gasteiger partial charge in [0, 0.05) is 25.8 Å². The molecule has 1 aromatic rings. The maximum absolute atomic E-state index is 12.5. The van der Waals surface area contributed by atoms with Gasteiger partial charge in [-0.3, -0.25) is 9.48 Å². The molecule has 5 heteroatoms. The first kappa shape index (κ1) is 14.1. The van der Waals surface area contributed by atoms with Gasteiger partial charge in [-0.25, -0.2) is 0 Å². The molecule has 1 aromatic heterocycles. The van der Waals surface area contributed by atoms with Crippen LogP contribution in [0.2, 0.25) is 0 Å². The number of aromatic nitrogens is 2. The number of carbonyl (C=O) groups is 1. The molecule has 2 unspecified atom stereocenters. The first-order chi connectivity index (χ1) is 9.08. The molecule has 0 saturated carbocycles. The van der Waals surface area contributed by atoms with Crippen LogP contribution in [-0.4, -0.2) is 44.4 Å². The van der Waals surface area contributed by atoms with Crippen molar-refractivity contribution >= 4 is 5.91 Å². The summed E-state index contributed by atoms with van der Waals surface area (Å²) in [6, 6.07) is 1.89. The van der Waals surface area contributed by atoms with Crippen LogP contribution in [0.25, 0.3) is 0 Å². The summed E-state index contributed by atoms with van der Waals surface area (Å²) in [5, 5.41) is 13.8. The van der Waals surface area contributed by atoms with Crippen LogP contribution < -0.4 is 0 Å². The molecule has 2 atom stereocenters. The summed E-state index contributed by atoms with van der Waals surface area (Å²) in [6.07, 6.45) is 6.36. The van der Waals surface area contributed by atoms with E-state index in [2.05, 4.69) is 5.10 Å². The minimum Gasteiger partial charge on any atom is -0.393 e. The van der Waals surface area contributed by atoms with E-state index in [1.165, 1.54) is 0 Å². The Hall–Kier alpha value is -1.36.